The molecule has 0 unspecified atom stereocenters. The van der Waals surface area contributed by atoms with Crippen molar-refractivity contribution in [3.05, 3.63) is 53.9 Å². The third-order valence-corrected chi connectivity index (χ3v) is 4.62. The van der Waals surface area contributed by atoms with Gasteiger partial charge in [0.2, 0.25) is 0 Å². The zero-order chi connectivity index (χ0) is 19.7. The molecule has 0 saturated heterocycles. The third-order valence-electron chi connectivity index (χ3n) is 3.78. The Kier molecular flexibility index (Phi) is 7.78. The van der Waals surface area contributed by atoms with Gasteiger partial charge in [0.25, 0.3) is 0 Å². The van der Waals surface area contributed by atoms with E-state index in [1.165, 1.54) is 18.2 Å². The number of benzene rings is 1. The summed E-state index contributed by atoms with van der Waals surface area (Å²) in [5.41, 5.74) is 1.13. The van der Waals surface area contributed by atoms with E-state index in [4.69, 9.17) is 0 Å². The van der Waals surface area contributed by atoms with Crippen LogP contribution in [-0.2, 0) is 28.7 Å². The summed E-state index contributed by atoms with van der Waals surface area (Å²) in [6.45, 7) is 4.39. The number of nitrogens with zero attached hydrogens (tertiary/aromatic N) is 3. The minimum absolute atomic E-state index is 0.132. The van der Waals surface area contributed by atoms with Gasteiger partial charge in [-0.05, 0) is 36.6 Å². The first-order valence-electron chi connectivity index (χ1n) is 8.80. The quantitative estimate of drug-likeness (QED) is 0.383. The molecule has 0 aliphatic heterocycles. The van der Waals surface area contributed by atoms with E-state index in [-0.39, 0.29) is 12.3 Å². The number of hydrogen-bond donors (Lipinski definition) is 2. The van der Waals surface area contributed by atoms with E-state index in [0.29, 0.717) is 30.2 Å². The highest BCUT2D eigenvalue weighted by atomic mass is 32.2. The van der Waals surface area contributed by atoms with Crippen LogP contribution < -0.4 is 10.6 Å². The lowest BCUT2D eigenvalue weighted by Crippen LogP contribution is -2.38. The molecule has 2 rings (SSSR count). The van der Waals surface area contributed by atoms with Crippen LogP contribution in [0.1, 0.15) is 24.5 Å². The van der Waals surface area contributed by atoms with Crippen molar-refractivity contribution in [2.75, 3.05) is 19.3 Å². The number of imidazole rings is 1. The molecule has 1 aromatic heterocycles. The lowest BCUT2D eigenvalue weighted by molar-refractivity contribution is 0.600. The summed E-state index contributed by atoms with van der Waals surface area (Å²) in [6.07, 6.45) is 7.47. The van der Waals surface area contributed by atoms with Crippen LogP contribution in [0.3, 0.4) is 0 Å². The van der Waals surface area contributed by atoms with Gasteiger partial charge in [-0.3, -0.25) is 0 Å². The number of nitrogens with one attached hydrogen (secondary N) is 2. The van der Waals surface area contributed by atoms with Crippen molar-refractivity contribution < 1.29 is 12.8 Å². The minimum atomic E-state index is -3.21. The third kappa shape index (κ3) is 7.78. The summed E-state index contributed by atoms with van der Waals surface area (Å²) in [6, 6.07) is 4.12. The molecule has 7 nitrogen and oxygen atoms in total. The van der Waals surface area contributed by atoms with Gasteiger partial charge in [0.1, 0.15) is 5.82 Å². The number of aliphatic imine (C=N–C) groups is 1. The first kappa shape index (κ1) is 20.9. The Morgan fingerprint density at radius 3 is 2.78 bits per heavy atom. The highest BCUT2D eigenvalue weighted by Gasteiger charge is 2.10. The van der Waals surface area contributed by atoms with Gasteiger partial charge >= 0.3 is 0 Å². The molecule has 2 N–H and O–H groups in total. The van der Waals surface area contributed by atoms with Crippen LogP contribution in [0.5, 0.6) is 0 Å². The number of rotatable bonds is 9. The van der Waals surface area contributed by atoms with Crippen LogP contribution in [0.15, 0.2) is 41.9 Å². The number of hydrogen-bond acceptors (Lipinski definition) is 4. The zero-order valence-corrected chi connectivity index (χ0v) is 16.5. The Morgan fingerprint density at radius 1 is 1.30 bits per heavy atom. The molecule has 0 spiro atoms. The number of aryl methyl sites for hydroxylation is 1. The second-order valence-electron chi connectivity index (χ2n) is 6.26. The van der Waals surface area contributed by atoms with E-state index < -0.39 is 15.7 Å². The molecule has 0 aliphatic rings. The van der Waals surface area contributed by atoms with Crippen molar-refractivity contribution >= 4 is 15.8 Å². The van der Waals surface area contributed by atoms with Gasteiger partial charge in [0, 0.05) is 38.3 Å². The molecule has 0 bridgehead atoms. The molecule has 148 valence electrons. The van der Waals surface area contributed by atoms with Crippen LogP contribution in [0.25, 0.3) is 0 Å². The molecule has 0 fully saturated rings. The van der Waals surface area contributed by atoms with Crippen LogP contribution in [0, 0.1) is 5.82 Å². The fraction of sp³-hybridized carbons (Fsp3) is 0.444. The standard InChI is InChI=1S/C18H26FN5O2S/c1-3-21-18(22-7-4-9-24-10-8-20-14-24)23-12-16-11-17(19)6-5-15(16)13-27(2,25)26/h5-6,8,10-11,14H,3-4,7,9,12-13H2,1-2H3,(H2,21,22,23). The first-order valence-corrected chi connectivity index (χ1v) is 10.9. The van der Waals surface area contributed by atoms with Gasteiger partial charge in [-0.2, -0.15) is 0 Å². The largest absolute Gasteiger partial charge is 0.357 e. The Balaban J connectivity index is 1.99. The van der Waals surface area contributed by atoms with Crippen molar-refractivity contribution in [3.8, 4) is 0 Å². The first-order chi connectivity index (χ1) is 12.9. The molecule has 1 heterocycles. The fourth-order valence-electron chi connectivity index (χ4n) is 2.56. The predicted octanol–water partition coefficient (Wildman–Crippen LogP) is 1.71. The number of aromatic nitrogens is 2. The van der Waals surface area contributed by atoms with E-state index in [1.807, 2.05) is 17.7 Å². The summed E-state index contributed by atoms with van der Waals surface area (Å²) in [4.78, 5) is 8.47. The average Bonchev–Trinajstić information content (AvgIpc) is 3.10. The highest BCUT2D eigenvalue weighted by Crippen LogP contribution is 2.15. The smallest absolute Gasteiger partial charge is 0.191 e. The second kappa shape index (κ2) is 10.1. The Morgan fingerprint density at radius 2 is 2.11 bits per heavy atom. The summed E-state index contributed by atoms with van der Waals surface area (Å²) < 4.78 is 38.8. The van der Waals surface area contributed by atoms with Crippen molar-refractivity contribution in [2.24, 2.45) is 4.99 Å². The SMILES string of the molecule is CCNC(=NCc1cc(F)ccc1CS(C)(=O)=O)NCCCn1ccnc1. The summed E-state index contributed by atoms with van der Waals surface area (Å²) >= 11 is 0. The van der Waals surface area contributed by atoms with E-state index in [0.717, 1.165) is 19.2 Å². The van der Waals surface area contributed by atoms with Crippen molar-refractivity contribution in [2.45, 2.75) is 32.2 Å². The van der Waals surface area contributed by atoms with E-state index in [2.05, 4.69) is 20.6 Å². The summed E-state index contributed by atoms with van der Waals surface area (Å²) in [5, 5.41) is 6.37. The van der Waals surface area contributed by atoms with Crippen molar-refractivity contribution in [3.63, 3.8) is 0 Å². The van der Waals surface area contributed by atoms with Gasteiger partial charge in [-0.1, -0.05) is 6.07 Å². The average molecular weight is 396 g/mol. The fourth-order valence-corrected chi connectivity index (χ4v) is 3.40. The molecule has 9 heteroatoms. The maximum Gasteiger partial charge on any atom is 0.191 e. The number of sulfone groups is 1. The summed E-state index contributed by atoms with van der Waals surface area (Å²) in [7, 11) is -3.21. The van der Waals surface area contributed by atoms with Crippen LogP contribution in [0.2, 0.25) is 0 Å². The highest BCUT2D eigenvalue weighted by molar-refractivity contribution is 7.89. The molecule has 1 aromatic carbocycles. The molecule has 0 radical (unpaired) electrons. The normalized spacial score (nSPS) is 12.2. The molecule has 2 aromatic rings. The summed E-state index contributed by atoms with van der Waals surface area (Å²) in [5.74, 6) is 0.0703. The van der Waals surface area contributed by atoms with Crippen molar-refractivity contribution in [1.29, 1.82) is 0 Å². The topological polar surface area (TPSA) is 88.4 Å². The molecule has 27 heavy (non-hydrogen) atoms. The molecule has 0 aliphatic carbocycles. The molecule has 0 saturated carbocycles. The lowest BCUT2D eigenvalue weighted by Gasteiger charge is -2.12. The minimum Gasteiger partial charge on any atom is -0.357 e. The number of guanidine groups is 1. The van der Waals surface area contributed by atoms with E-state index >= 15 is 0 Å². The molecule has 0 amide bonds. The van der Waals surface area contributed by atoms with E-state index in [9.17, 15) is 12.8 Å². The molecular weight excluding hydrogens is 369 g/mol. The Labute approximate surface area is 159 Å². The molecule has 0 atom stereocenters. The van der Waals surface area contributed by atoms with Gasteiger partial charge < -0.3 is 15.2 Å². The predicted molar refractivity (Wildman–Crippen MR) is 105 cm³/mol. The Hall–Kier alpha value is -2.42. The van der Waals surface area contributed by atoms with Gasteiger partial charge in [0.05, 0.1) is 18.6 Å². The van der Waals surface area contributed by atoms with Crippen LogP contribution in [0.4, 0.5) is 4.39 Å². The maximum atomic E-state index is 13.6. The zero-order valence-electron chi connectivity index (χ0n) is 15.7. The van der Waals surface area contributed by atoms with Crippen LogP contribution in [-0.4, -0.2) is 43.3 Å². The van der Waals surface area contributed by atoms with E-state index in [1.54, 1.807) is 12.5 Å². The van der Waals surface area contributed by atoms with Crippen molar-refractivity contribution in [1.82, 2.24) is 20.2 Å². The maximum absolute atomic E-state index is 13.6. The second-order valence-corrected chi connectivity index (χ2v) is 8.40. The number of halogens is 1. The Bertz CT molecular complexity index is 851. The monoisotopic (exact) mass is 395 g/mol. The lowest BCUT2D eigenvalue weighted by atomic mass is 10.1. The van der Waals surface area contributed by atoms with Gasteiger partial charge in [-0.25, -0.2) is 22.8 Å². The van der Waals surface area contributed by atoms with Crippen LogP contribution >= 0.6 is 0 Å². The van der Waals surface area contributed by atoms with Gasteiger partial charge in [0.15, 0.2) is 15.8 Å². The van der Waals surface area contributed by atoms with Gasteiger partial charge in [-0.15, -0.1) is 0 Å². The molecular formula is C18H26FN5O2S.